The fourth-order valence-corrected chi connectivity index (χ4v) is 3.63. The van der Waals surface area contributed by atoms with Crippen molar-refractivity contribution in [1.82, 2.24) is 14.5 Å². The minimum Gasteiger partial charge on any atom is -0.330 e. The second kappa shape index (κ2) is 5.78. The molecular formula is C17H26N4. The van der Waals surface area contributed by atoms with Crippen molar-refractivity contribution in [3.8, 4) is 0 Å². The lowest BCUT2D eigenvalue weighted by atomic mass is 9.92. The molecule has 114 valence electrons. The van der Waals surface area contributed by atoms with Gasteiger partial charge in [0.15, 0.2) is 0 Å². The quantitative estimate of drug-likeness (QED) is 0.943. The highest BCUT2D eigenvalue weighted by Gasteiger charge is 2.30. The van der Waals surface area contributed by atoms with E-state index in [0.717, 1.165) is 24.4 Å². The molecule has 4 heteroatoms. The number of aromatic nitrogens is 2. The molecule has 2 heterocycles. The molecule has 3 rings (SSSR count). The van der Waals surface area contributed by atoms with E-state index in [2.05, 4.69) is 54.6 Å². The van der Waals surface area contributed by atoms with Crippen LogP contribution in [0.15, 0.2) is 24.3 Å². The Balaban J connectivity index is 1.92. The first-order valence-electron chi connectivity index (χ1n) is 7.99. The third kappa shape index (κ3) is 2.58. The second-order valence-electron chi connectivity index (χ2n) is 6.42. The van der Waals surface area contributed by atoms with Crippen molar-refractivity contribution in [2.45, 2.75) is 38.8 Å². The Morgan fingerprint density at radius 1 is 1.33 bits per heavy atom. The maximum atomic E-state index is 5.89. The molecule has 0 spiro atoms. The zero-order valence-corrected chi connectivity index (χ0v) is 13.3. The van der Waals surface area contributed by atoms with Gasteiger partial charge in [0.2, 0.25) is 0 Å². The van der Waals surface area contributed by atoms with Crippen molar-refractivity contribution >= 4 is 11.0 Å². The van der Waals surface area contributed by atoms with Crippen LogP contribution in [0.25, 0.3) is 11.0 Å². The van der Waals surface area contributed by atoms with E-state index in [1.54, 1.807) is 0 Å². The van der Waals surface area contributed by atoms with Crippen LogP contribution in [0.2, 0.25) is 0 Å². The van der Waals surface area contributed by atoms with Crippen LogP contribution in [-0.4, -0.2) is 33.6 Å². The van der Waals surface area contributed by atoms with Gasteiger partial charge >= 0.3 is 0 Å². The topological polar surface area (TPSA) is 47.1 Å². The number of nitrogens with two attached hydrogens (primary N) is 1. The summed E-state index contributed by atoms with van der Waals surface area (Å²) < 4.78 is 2.23. The molecule has 1 aromatic carbocycles. The SMILES string of the molecule is CC1CCC(CN)CN1C(C)c1nc2ccccc2n1C. The Morgan fingerprint density at radius 2 is 2.10 bits per heavy atom. The number of piperidine rings is 1. The summed E-state index contributed by atoms with van der Waals surface area (Å²) in [6, 6.07) is 9.29. The van der Waals surface area contributed by atoms with Gasteiger partial charge < -0.3 is 10.3 Å². The van der Waals surface area contributed by atoms with Gasteiger partial charge in [0.25, 0.3) is 0 Å². The molecular weight excluding hydrogens is 260 g/mol. The first-order valence-corrected chi connectivity index (χ1v) is 7.99. The Morgan fingerprint density at radius 3 is 2.81 bits per heavy atom. The van der Waals surface area contributed by atoms with Gasteiger partial charge in [-0.25, -0.2) is 4.98 Å². The largest absolute Gasteiger partial charge is 0.330 e. The number of aryl methyl sites for hydroxylation is 1. The third-order valence-corrected chi connectivity index (χ3v) is 5.05. The zero-order valence-electron chi connectivity index (χ0n) is 13.3. The van der Waals surface area contributed by atoms with Crippen molar-refractivity contribution in [3.63, 3.8) is 0 Å². The molecule has 1 saturated heterocycles. The molecule has 3 atom stereocenters. The predicted octanol–water partition coefficient (Wildman–Crippen LogP) is 2.69. The molecule has 0 saturated carbocycles. The summed E-state index contributed by atoms with van der Waals surface area (Å²) >= 11 is 0. The monoisotopic (exact) mass is 286 g/mol. The molecule has 0 amide bonds. The molecule has 3 unspecified atom stereocenters. The van der Waals surface area contributed by atoms with Gasteiger partial charge in [-0.05, 0) is 51.3 Å². The van der Waals surface area contributed by atoms with Crippen LogP contribution >= 0.6 is 0 Å². The molecule has 0 bridgehead atoms. The minimum absolute atomic E-state index is 0.326. The van der Waals surface area contributed by atoms with Crippen molar-refractivity contribution in [3.05, 3.63) is 30.1 Å². The molecule has 1 aliphatic heterocycles. The molecule has 1 aromatic heterocycles. The van der Waals surface area contributed by atoms with E-state index in [-0.39, 0.29) is 0 Å². The van der Waals surface area contributed by atoms with E-state index in [1.807, 2.05) is 0 Å². The third-order valence-electron chi connectivity index (χ3n) is 5.05. The van der Waals surface area contributed by atoms with Crippen LogP contribution in [0.5, 0.6) is 0 Å². The molecule has 2 N–H and O–H groups in total. The summed E-state index contributed by atoms with van der Waals surface area (Å²) in [5.41, 5.74) is 8.19. The van der Waals surface area contributed by atoms with Gasteiger partial charge in [-0.15, -0.1) is 0 Å². The average molecular weight is 286 g/mol. The lowest BCUT2D eigenvalue weighted by molar-refractivity contribution is 0.0765. The van der Waals surface area contributed by atoms with Crippen LogP contribution in [-0.2, 0) is 7.05 Å². The van der Waals surface area contributed by atoms with Crippen molar-refractivity contribution < 1.29 is 0 Å². The summed E-state index contributed by atoms with van der Waals surface area (Å²) in [7, 11) is 2.12. The molecule has 2 aromatic rings. The van der Waals surface area contributed by atoms with Crippen molar-refractivity contribution in [1.29, 1.82) is 0 Å². The summed E-state index contributed by atoms with van der Waals surface area (Å²) in [5, 5.41) is 0. The van der Waals surface area contributed by atoms with Crippen LogP contribution < -0.4 is 5.73 Å². The fourth-order valence-electron chi connectivity index (χ4n) is 3.63. The highest BCUT2D eigenvalue weighted by atomic mass is 15.2. The fraction of sp³-hybridized carbons (Fsp3) is 0.588. The first-order chi connectivity index (χ1) is 10.1. The van der Waals surface area contributed by atoms with Gasteiger partial charge in [-0.3, -0.25) is 4.90 Å². The highest BCUT2D eigenvalue weighted by Crippen LogP contribution is 2.31. The van der Waals surface area contributed by atoms with E-state index in [0.29, 0.717) is 18.0 Å². The number of likely N-dealkylation sites (tertiary alicyclic amines) is 1. The van der Waals surface area contributed by atoms with Crippen molar-refractivity contribution in [2.24, 2.45) is 18.7 Å². The Kier molecular flexibility index (Phi) is 4.00. The average Bonchev–Trinajstić information content (AvgIpc) is 2.85. The van der Waals surface area contributed by atoms with E-state index in [9.17, 15) is 0 Å². The summed E-state index contributed by atoms with van der Waals surface area (Å²) in [5.74, 6) is 1.78. The van der Waals surface area contributed by atoms with Gasteiger partial charge in [-0.2, -0.15) is 0 Å². The number of nitrogens with zero attached hydrogens (tertiary/aromatic N) is 3. The second-order valence-corrected chi connectivity index (χ2v) is 6.42. The maximum absolute atomic E-state index is 5.89. The van der Waals surface area contributed by atoms with Crippen LogP contribution in [0.4, 0.5) is 0 Å². The molecule has 1 aliphatic rings. The number of hydrogen-bond acceptors (Lipinski definition) is 3. The molecule has 0 radical (unpaired) electrons. The lowest BCUT2D eigenvalue weighted by Crippen LogP contribution is -2.45. The molecule has 1 fully saturated rings. The summed E-state index contributed by atoms with van der Waals surface area (Å²) in [4.78, 5) is 7.43. The van der Waals surface area contributed by atoms with E-state index in [1.165, 1.54) is 18.4 Å². The van der Waals surface area contributed by atoms with Crippen LogP contribution in [0.3, 0.4) is 0 Å². The van der Waals surface area contributed by atoms with Gasteiger partial charge in [0, 0.05) is 19.6 Å². The normalized spacial score (nSPS) is 25.3. The number of benzene rings is 1. The lowest BCUT2D eigenvalue weighted by Gasteiger charge is -2.41. The Bertz CT molecular complexity index is 618. The number of hydrogen-bond donors (Lipinski definition) is 1. The molecule has 0 aliphatic carbocycles. The first kappa shape index (κ1) is 14.5. The van der Waals surface area contributed by atoms with E-state index >= 15 is 0 Å². The minimum atomic E-state index is 0.326. The van der Waals surface area contributed by atoms with Crippen LogP contribution in [0.1, 0.15) is 38.6 Å². The zero-order chi connectivity index (χ0) is 15.0. The summed E-state index contributed by atoms with van der Waals surface area (Å²) in [6.45, 7) is 6.48. The summed E-state index contributed by atoms with van der Waals surface area (Å²) in [6.07, 6.45) is 2.49. The van der Waals surface area contributed by atoms with Gasteiger partial charge in [-0.1, -0.05) is 12.1 Å². The van der Waals surface area contributed by atoms with Gasteiger partial charge in [0.1, 0.15) is 5.82 Å². The maximum Gasteiger partial charge on any atom is 0.126 e. The molecule has 21 heavy (non-hydrogen) atoms. The smallest absolute Gasteiger partial charge is 0.126 e. The van der Waals surface area contributed by atoms with E-state index < -0.39 is 0 Å². The number of rotatable bonds is 3. The Labute approximate surface area is 126 Å². The number of fused-ring (bicyclic) bond motifs is 1. The predicted molar refractivity (Wildman–Crippen MR) is 87.1 cm³/mol. The number of para-hydroxylation sites is 2. The van der Waals surface area contributed by atoms with Crippen LogP contribution in [0, 0.1) is 5.92 Å². The van der Waals surface area contributed by atoms with Gasteiger partial charge in [0.05, 0.1) is 17.1 Å². The standard InChI is InChI=1S/C17H26N4/c1-12-8-9-14(10-18)11-21(12)13(2)17-19-15-6-4-5-7-16(15)20(17)3/h4-7,12-14H,8-11,18H2,1-3H3. The van der Waals surface area contributed by atoms with E-state index in [4.69, 9.17) is 10.7 Å². The highest BCUT2D eigenvalue weighted by molar-refractivity contribution is 5.75. The Hall–Kier alpha value is -1.39. The van der Waals surface area contributed by atoms with Crippen molar-refractivity contribution in [2.75, 3.05) is 13.1 Å². The molecule has 4 nitrogen and oxygen atoms in total. The number of imidazole rings is 1.